The second kappa shape index (κ2) is 13.8. The molecular formula is C36H51P. The Morgan fingerprint density at radius 2 is 0.568 bits per heavy atom. The molecule has 0 fully saturated rings. The van der Waals surface area contributed by atoms with Crippen molar-refractivity contribution in [3.8, 4) is 0 Å². The molecule has 0 aromatic heterocycles. The minimum atomic E-state index is -0.644. The van der Waals surface area contributed by atoms with Gasteiger partial charge in [0.25, 0.3) is 0 Å². The molecule has 0 aliphatic heterocycles. The van der Waals surface area contributed by atoms with Gasteiger partial charge in [-0.3, -0.25) is 0 Å². The lowest BCUT2D eigenvalue weighted by Crippen LogP contribution is -2.30. The first-order valence-corrected chi connectivity index (χ1v) is 16.5. The molecule has 3 aromatic rings. The highest BCUT2D eigenvalue weighted by molar-refractivity contribution is 7.80. The van der Waals surface area contributed by atoms with Crippen molar-refractivity contribution in [2.45, 2.75) is 120 Å². The third-order valence-electron chi connectivity index (χ3n) is 8.50. The lowest BCUT2D eigenvalue weighted by Gasteiger charge is -2.31. The first-order valence-electron chi connectivity index (χ1n) is 15.2. The van der Waals surface area contributed by atoms with E-state index < -0.39 is 7.92 Å². The molecule has 0 bridgehead atoms. The third-order valence-corrected chi connectivity index (χ3v) is 11.2. The number of benzene rings is 3. The van der Waals surface area contributed by atoms with Gasteiger partial charge in [0.1, 0.15) is 0 Å². The lowest BCUT2D eigenvalue weighted by atomic mass is 9.95. The molecule has 0 atom stereocenters. The molecule has 0 saturated carbocycles. The Morgan fingerprint density at radius 3 is 0.757 bits per heavy atom. The smallest absolute Gasteiger partial charge is 0.0116 e. The first kappa shape index (κ1) is 29.6. The predicted octanol–water partition coefficient (Wildman–Crippen LogP) is 8.51. The summed E-state index contributed by atoms with van der Waals surface area (Å²) in [5.74, 6) is 0. The molecule has 0 heterocycles. The molecular weight excluding hydrogens is 463 g/mol. The van der Waals surface area contributed by atoms with Gasteiger partial charge in [-0.05, 0) is 132 Å². The quantitative estimate of drug-likeness (QED) is 0.213. The van der Waals surface area contributed by atoms with E-state index in [1.165, 1.54) is 16.7 Å². The highest BCUT2D eigenvalue weighted by Crippen LogP contribution is 2.41. The molecule has 0 aliphatic carbocycles. The average Bonchev–Trinajstić information content (AvgIpc) is 2.95. The number of rotatable bonds is 12. The number of aryl methyl sites for hydroxylation is 3. The van der Waals surface area contributed by atoms with E-state index in [0.29, 0.717) is 0 Å². The van der Waals surface area contributed by atoms with Gasteiger partial charge in [-0.25, -0.2) is 0 Å². The van der Waals surface area contributed by atoms with E-state index in [1.54, 1.807) is 49.3 Å². The van der Waals surface area contributed by atoms with Crippen molar-refractivity contribution in [3.63, 3.8) is 0 Å². The van der Waals surface area contributed by atoms with Gasteiger partial charge in [0.15, 0.2) is 0 Å². The van der Waals surface area contributed by atoms with Crippen molar-refractivity contribution in [2.75, 3.05) is 0 Å². The number of hydrogen-bond acceptors (Lipinski definition) is 0. The van der Waals surface area contributed by atoms with Crippen molar-refractivity contribution in [2.24, 2.45) is 0 Å². The molecule has 0 amide bonds. The molecule has 0 radical (unpaired) electrons. The summed E-state index contributed by atoms with van der Waals surface area (Å²) in [5.41, 5.74) is 14.3. The van der Waals surface area contributed by atoms with Crippen LogP contribution in [0.4, 0.5) is 0 Å². The maximum Gasteiger partial charge on any atom is -0.0116 e. The van der Waals surface area contributed by atoms with Crippen LogP contribution in [0, 0.1) is 0 Å². The summed E-state index contributed by atoms with van der Waals surface area (Å²) in [5, 5.41) is 4.82. The lowest BCUT2D eigenvalue weighted by molar-refractivity contribution is 0.984. The zero-order valence-electron chi connectivity index (χ0n) is 25.3. The molecule has 0 aliphatic rings. The van der Waals surface area contributed by atoms with Crippen LogP contribution in [0.1, 0.15) is 112 Å². The SMILES string of the molecule is CCc1ccc(P(c2ccc(CC)c(CC)c2CC)c2ccc(CC)c(CC)c2CC)c(CC)c1CC. The van der Waals surface area contributed by atoms with E-state index in [9.17, 15) is 0 Å². The first-order chi connectivity index (χ1) is 18.0. The van der Waals surface area contributed by atoms with Crippen LogP contribution in [0.15, 0.2) is 36.4 Å². The summed E-state index contributed by atoms with van der Waals surface area (Å²) in [6, 6.07) is 15.0. The van der Waals surface area contributed by atoms with Crippen LogP contribution in [0.2, 0.25) is 0 Å². The van der Waals surface area contributed by atoms with Gasteiger partial charge in [0.05, 0.1) is 0 Å². The summed E-state index contributed by atoms with van der Waals surface area (Å²) >= 11 is 0. The van der Waals surface area contributed by atoms with Crippen LogP contribution in [0.5, 0.6) is 0 Å². The van der Waals surface area contributed by atoms with Crippen molar-refractivity contribution in [1.29, 1.82) is 0 Å². The van der Waals surface area contributed by atoms with Crippen LogP contribution in [-0.2, 0) is 57.8 Å². The Bertz CT molecular complexity index is 1050. The maximum absolute atomic E-state index is 2.53. The molecule has 0 saturated heterocycles. The zero-order chi connectivity index (χ0) is 27.1. The Hall–Kier alpha value is -1.91. The zero-order valence-corrected chi connectivity index (χ0v) is 26.2. The van der Waals surface area contributed by atoms with Crippen LogP contribution in [0.3, 0.4) is 0 Å². The Morgan fingerprint density at radius 1 is 0.324 bits per heavy atom. The molecule has 0 unspecified atom stereocenters. The van der Waals surface area contributed by atoms with E-state index in [-0.39, 0.29) is 0 Å². The number of hydrogen-bond donors (Lipinski definition) is 0. The van der Waals surface area contributed by atoms with Gasteiger partial charge in [-0.2, -0.15) is 0 Å². The van der Waals surface area contributed by atoms with E-state index in [2.05, 4.69) is 98.7 Å². The molecule has 0 nitrogen and oxygen atoms in total. The van der Waals surface area contributed by atoms with Crippen LogP contribution < -0.4 is 15.9 Å². The highest BCUT2D eigenvalue weighted by Gasteiger charge is 2.27. The van der Waals surface area contributed by atoms with Gasteiger partial charge in [0, 0.05) is 0 Å². The summed E-state index contributed by atoms with van der Waals surface area (Å²) in [7, 11) is -0.644. The fourth-order valence-electron chi connectivity index (χ4n) is 6.70. The molecule has 3 aromatic carbocycles. The van der Waals surface area contributed by atoms with Crippen molar-refractivity contribution >= 4 is 23.8 Å². The minimum Gasteiger partial charge on any atom is -0.0613 e. The Balaban J connectivity index is 2.51. The molecule has 1 heteroatoms. The summed E-state index contributed by atoms with van der Waals surface area (Å²) in [6.45, 7) is 21.1. The van der Waals surface area contributed by atoms with Crippen molar-refractivity contribution in [3.05, 3.63) is 86.5 Å². The third kappa shape index (κ3) is 5.61. The van der Waals surface area contributed by atoms with Gasteiger partial charge in [-0.15, -0.1) is 0 Å². The molecule has 0 N–H and O–H groups in total. The second-order valence-electron chi connectivity index (χ2n) is 10.1. The standard InChI is InChI=1S/C36H51P/c1-10-25-19-22-34(31(16-7)28(25)13-4)37(35-23-20-26(11-2)29(14-5)32(35)17-8)36-24-21-27(12-3)30(15-6)33(36)18-9/h19-24H,10-18H2,1-9H3. The summed E-state index contributed by atoms with van der Waals surface area (Å²) in [6.07, 6.45) is 10.0. The minimum absolute atomic E-state index is 0.644. The van der Waals surface area contributed by atoms with Crippen molar-refractivity contribution < 1.29 is 0 Å². The molecule has 37 heavy (non-hydrogen) atoms. The second-order valence-corrected chi connectivity index (χ2v) is 12.2. The van der Waals surface area contributed by atoms with Crippen LogP contribution >= 0.6 is 7.92 Å². The predicted molar refractivity (Wildman–Crippen MR) is 170 cm³/mol. The van der Waals surface area contributed by atoms with Crippen LogP contribution in [-0.4, -0.2) is 0 Å². The Kier molecular flexibility index (Phi) is 11.0. The topological polar surface area (TPSA) is 0 Å². The normalized spacial score (nSPS) is 11.5. The Labute approximate surface area is 230 Å². The van der Waals surface area contributed by atoms with Crippen molar-refractivity contribution in [1.82, 2.24) is 0 Å². The van der Waals surface area contributed by atoms with Crippen LogP contribution in [0.25, 0.3) is 0 Å². The monoisotopic (exact) mass is 514 g/mol. The fourth-order valence-corrected chi connectivity index (χ4v) is 9.84. The van der Waals surface area contributed by atoms with Gasteiger partial charge < -0.3 is 0 Å². The van der Waals surface area contributed by atoms with E-state index in [0.717, 1.165) is 57.8 Å². The van der Waals surface area contributed by atoms with E-state index in [1.807, 2.05) is 0 Å². The maximum atomic E-state index is 2.53. The summed E-state index contributed by atoms with van der Waals surface area (Å²) in [4.78, 5) is 0. The van der Waals surface area contributed by atoms with Gasteiger partial charge in [0.2, 0.25) is 0 Å². The summed E-state index contributed by atoms with van der Waals surface area (Å²) < 4.78 is 0. The fraction of sp³-hybridized carbons (Fsp3) is 0.500. The average molecular weight is 515 g/mol. The van der Waals surface area contributed by atoms with E-state index >= 15 is 0 Å². The molecule has 200 valence electrons. The highest BCUT2D eigenvalue weighted by atomic mass is 31.1. The molecule has 0 spiro atoms. The molecule has 3 rings (SSSR count). The van der Waals surface area contributed by atoms with Gasteiger partial charge >= 0.3 is 0 Å². The van der Waals surface area contributed by atoms with E-state index in [4.69, 9.17) is 0 Å². The largest absolute Gasteiger partial charge is 0.0613 e. The van der Waals surface area contributed by atoms with Gasteiger partial charge in [-0.1, -0.05) is 98.7 Å².